The van der Waals surface area contributed by atoms with Gasteiger partial charge in [0.2, 0.25) is 0 Å². The summed E-state index contributed by atoms with van der Waals surface area (Å²) in [6.07, 6.45) is 3.58. The minimum atomic E-state index is -0.0441. The molecule has 1 aliphatic rings. The first-order valence-corrected chi connectivity index (χ1v) is 9.68. The van der Waals surface area contributed by atoms with Crippen LogP contribution in [0.3, 0.4) is 0 Å². The molecule has 0 aliphatic heterocycles. The van der Waals surface area contributed by atoms with Crippen LogP contribution in [-0.2, 0) is 30.1 Å². The standard InChI is InChI=1S/C23H19.2ClH.Zr/c1-2-23(20-14-7-4-8-15-20)17-19-13-9-10-16-21(19)22(23)18-11-5-3-6-12-18;;;/h3-12,14-17H,2H2,1H3;2*1H;. The summed E-state index contributed by atoms with van der Waals surface area (Å²) >= 11 is 1.48. The fourth-order valence-electron chi connectivity index (χ4n) is 3.96. The molecule has 26 heavy (non-hydrogen) atoms. The Hall–Kier alpha value is -1.14. The van der Waals surface area contributed by atoms with E-state index < -0.39 is 0 Å². The minimum Gasteiger partial charge on any atom is -0.147 e. The van der Waals surface area contributed by atoms with E-state index in [0.717, 1.165) is 6.42 Å². The van der Waals surface area contributed by atoms with Crippen molar-refractivity contribution in [2.45, 2.75) is 18.8 Å². The Bertz CT molecular complexity index is 997. The van der Waals surface area contributed by atoms with E-state index in [0.29, 0.717) is 0 Å². The molecule has 1 atom stereocenters. The van der Waals surface area contributed by atoms with Crippen LogP contribution in [0.1, 0.15) is 24.5 Å². The third-order valence-corrected chi connectivity index (χ3v) is 6.19. The second kappa shape index (κ2) is 8.70. The van der Waals surface area contributed by atoms with Gasteiger partial charge in [-0.1, -0.05) is 0 Å². The fourth-order valence-corrected chi connectivity index (χ4v) is 4.71. The topological polar surface area (TPSA) is 0 Å². The van der Waals surface area contributed by atoms with Crippen molar-refractivity contribution in [1.82, 2.24) is 0 Å². The third kappa shape index (κ3) is 3.38. The maximum absolute atomic E-state index is 2.52. The molecule has 0 nitrogen and oxygen atoms in total. The molecule has 3 heteroatoms. The van der Waals surface area contributed by atoms with Crippen LogP contribution in [0.5, 0.6) is 0 Å². The van der Waals surface area contributed by atoms with Gasteiger partial charge >= 0.3 is 159 Å². The largest absolute Gasteiger partial charge is 0.147 e. The number of benzene rings is 3. The van der Waals surface area contributed by atoms with Crippen LogP contribution in [0.4, 0.5) is 0 Å². The van der Waals surface area contributed by atoms with E-state index >= 15 is 0 Å². The van der Waals surface area contributed by atoms with Gasteiger partial charge in [0, 0.05) is 0 Å². The summed E-state index contributed by atoms with van der Waals surface area (Å²) in [5, 5.41) is 2.83. The van der Waals surface area contributed by atoms with E-state index in [2.05, 4.69) is 91.9 Å². The first kappa shape index (κ1) is 21.2. The van der Waals surface area contributed by atoms with E-state index in [4.69, 9.17) is 0 Å². The quantitative estimate of drug-likeness (QED) is 0.555. The minimum absolute atomic E-state index is 0. The van der Waals surface area contributed by atoms with Gasteiger partial charge in [-0.15, -0.1) is 24.8 Å². The smallest absolute Gasteiger partial charge is 0.147 e. The Morgan fingerprint density at radius 2 is 1.38 bits per heavy atom. The van der Waals surface area contributed by atoms with Crippen LogP contribution < -0.4 is 13.7 Å². The summed E-state index contributed by atoms with van der Waals surface area (Å²) in [5.41, 5.74) is 4.13. The summed E-state index contributed by atoms with van der Waals surface area (Å²) in [6, 6.07) is 28.6. The van der Waals surface area contributed by atoms with Gasteiger partial charge < -0.3 is 0 Å². The zero-order valence-electron chi connectivity index (χ0n) is 14.6. The van der Waals surface area contributed by atoms with Crippen molar-refractivity contribution in [3.05, 3.63) is 100 Å². The van der Waals surface area contributed by atoms with Crippen molar-refractivity contribution >= 4 is 39.7 Å². The zero-order valence-corrected chi connectivity index (χ0v) is 18.7. The molecule has 3 aromatic carbocycles. The van der Waals surface area contributed by atoms with Gasteiger partial charge in [0.15, 0.2) is 0 Å². The molecule has 0 heterocycles. The monoisotopic (exact) mass is 457 g/mol. The van der Waals surface area contributed by atoms with Crippen LogP contribution in [0.25, 0.3) is 11.6 Å². The molecule has 0 bridgehead atoms. The van der Waals surface area contributed by atoms with Gasteiger partial charge in [-0.25, -0.2) is 0 Å². The van der Waals surface area contributed by atoms with Crippen LogP contribution in [-0.4, -0.2) is 0 Å². The van der Waals surface area contributed by atoms with Gasteiger partial charge in [0.05, 0.1) is 0 Å². The fraction of sp³-hybridized carbons (Fsp3) is 0.130. The SMILES string of the molecule is CCC1(c2ccccc2)C=c2[c]([Zr])cccc2=C1c1ccccc1.Cl.Cl. The molecule has 0 spiro atoms. The van der Waals surface area contributed by atoms with Crippen molar-refractivity contribution < 1.29 is 24.7 Å². The molecular weight excluding hydrogens is 438 g/mol. The first-order chi connectivity index (χ1) is 11.8. The molecule has 0 fully saturated rings. The second-order valence-corrected chi connectivity index (χ2v) is 7.67. The van der Waals surface area contributed by atoms with Crippen LogP contribution >= 0.6 is 24.8 Å². The Labute approximate surface area is 182 Å². The first-order valence-electron chi connectivity index (χ1n) is 8.45. The van der Waals surface area contributed by atoms with E-state index in [1.807, 2.05) is 0 Å². The van der Waals surface area contributed by atoms with Gasteiger partial charge in [0.25, 0.3) is 0 Å². The summed E-state index contributed by atoms with van der Waals surface area (Å²) in [7, 11) is 0. The van der Waals surface area contributed by atoms with E-state index in [-0.39, 0.29) is 30.2 Å². The summed E-state index contributed by atoms with van der Waals surface area (Å²) in [4.78, 5) is 0. The summed E-state index contributed by atoms with van der Waals surface area (Å²) in [6.45, 7) is 2.31. The number of halogens is 2. The molecule has 0 amide bonds. The molecule has 131 valence electrons. The predicted octanol–water partition coefficient (Wildman–Crippen LogP) is 4.04. The molecule has 0 saturated heterocycles. The van der Waals surface area contributed by atoms with E-state index in [1.165, 1.54) is 55.1 Å². The molecule has 0 aromatic heterocycles. The zero-order chi connectivity index (χ0) is 16.6. The second-order valence-electron chi connectivity index (χ2n) is 6.34. The van der Waals surface area contributed by atoms with E-state index in [1.54, 1.807) is 0 Å². The number of hydrogen-bond acceptors (Lipinski definition) is 0. The van der Waals surface area contributed by atoms with Crippen LogP contribution in [0.15, 0.2) is 78.9 Å². The molecule has 4 rings (SSSR count). The molecule has 0 saturated carbocycles. The third-order valence-electron chi connectivity index (χ3n) is 5.12. The number of hydrogen-bond donors (Lipinski definition) is 0. The Kier molecular flexibility index (Phi) is 7.08. The summed E-state index contributed by atoms with van der Waals surface area (Å²) in [5.74, 6) is 0. The molecule has 0 radical (unpaired) electrons. The molecular formula is C23H21Cl2Zr. The van der Waals surface area contributed by atoms with Crippen molar-refractivity contribution in [2.24, 2.45) is 0 Å². The van der Waals surface area contributed by atoms with Gasteiger partial charge in [-0.2, -0.15) is 0 Å². The van der Waals surface area contributed by atoms with Crippen LogP contribution in [0.2, 0.25) is 0 Å². The van der Waals surface area contributed by atoms with Gasteiger partial charge in [0.1, 0.15) is 0 Å². The van der Waals surface area contributed by atoms with Crippen LogP contribution in [0, 0.1) is 0 Å². The molecule has 1 unspecified atom stereocenters. The van der Waals surface area contributed by atoms with Crippen molar-refractivity contribution in [3.8, 4) is 0 Å². The molecule has 1 aliphatic carbocycles. The Morgan fingerprint density at radius 1 is 0.769 bits per heavy atom. The summed E-state index contributed by atoms with van der Waals surface area (Å²) < 4.78 is 1.44. The molecule has 3 aromatic rings. The predicted molar refractivity (Wildman–Crippen MR) is 112 cm³/mol. The van der Waals surface area contributed by atoms with Gasteiger partial charge in [-0.3, -0.25) is 0 Å². The van der Waals surface area contributed by atoms with Crippen molar-refractivity contribution in [3.63, 3.8) is 0 Å². The van der Waals surface area contributed by atoms with Crippen molar-refractivity contribution in [2.75, 3.05) is 0 Å². The average Bonchev–Trinajstić information content (AvgIpc) is 3.00. The van der Waals surface area contributed by atoms with Crippen molar-refractivity contribution in [1.29, 1.82) is 0 Å². The number of fused-ring (bicyclic) bond motifs is 1. The van der Waals surface area contributed by atoms with Gasteiger partial charge in [-0.05, 0) is 0 Å². The maximum atomic E-state index is 2.52. The number of rotatable bonds is 3. The average molecular weight is 460 g/mol. The molecule has 0 N–H and O–H groups in total. The Morgan fingerprint density at radius 3 is 2.00 bits per heavy atom. The normalized spacial score (nSPS) is 17.5. The van der Waals surface area contributed by atoms with E-state index in [9.17, 15) is 0 Å². The maximum Gasteiger partial charge on any atom is -0.147 e. The Balaban J connectivity index is 0.00000121.